The molecule has 2 aromatic rings. The Morgan fingerprint density at radius 3 is 2.23 bits per heavy atom. The Labute approximate surface area is 173 Å². The van der Waals surface area contributed by atoms with Gasteiger partial charge in [0.05, 0.1) is 0 Å². The zero-order chi connectivity index (χ0) is 22.2. The summed E-state index contributed by atoms with van der Waals surface area (Å²) < 4.78 is 2.54. The topological polar surface area (TPSA) is 131 Å². The highest BCUT2D eigenvalue weighted by Crippen LogP contribution is 2.34. The average Bonchev–Trinajstić information content (AvgIpc) is 2.87. The lowest BCUT2D eigenvalue weighted by Gasteiger charge is -2.28. The Morgan fingerprint density at radius 1 is 1.13 bits per heavy atom. The van der Waals surface area contributed by atoms with E-state index in [-0.39, 0.29) is 11.6 Å². The summed E-state index contributed by atoms with van der Waals surface area (Å²) in [6.45, 7) is 4.58. The number of aromatic nitrogens is 2. The summed E-state index contributed by atoms with van der Waals surface area (Å²) in [5.41, 5.74) is 1.67. The zero-order valence-corrected chi connectivity index (χ0v) is 17.3. The van der Waals surface area contributed by atoms with Crippen LogP contribution in [0.3, 0.4) is 0 Å². The molecule has 1 atom stereocenters. The lowest BCUT2D eigenvalue weighted by molar-refractivity contribution is -0.621. The van der Waals surface area contributed by atoms with Crippen LogP contribution in [0, 0.1) is 25.0 Å². The van der Waals surface area contributed by atoms with Crippen LogP contribution in [0.5, 0.6) is 5.75 Å². The molecule has 0 saturated carbocycles. The summed E-state index contributed by atoms with van der Waals surface area (Å²) >= 11 is 0. The van der Waals surface area contributed by atoms with Crippen molar-refractivity contribution >= 4 is 17.8 Å². The Hall–Kier alpha value is -3.40. The van der Waals surface area contributed by atoms with Gasteiger partial charge in [0, 0.05) is 20.4 Å². The van der Waals surface area contributed by atoms with E-state index in [1.807, 2.05) is 19.0 Å². The number of amides is 4. The average molecular weight is 415 g/mol. The van der Waals surface area contributed by atoms with Gasteiger partial charge < -0.3 is 15.2 Å². The second kappa shape index (κ2) is 8.15. The number of hydrogen-bond donors (Lipinski definition) is 3. The van der Waals surface area contributed by atoms with Crippen LogP contribution < -0.4 is 15.4 Å². The van der Waals surface area contributed by atoms with E-state index in [1.165, 1.54) is 12.1 Å². The van der Waals surface area contributed by atoms with Gasteiger partial charge in [0.1, 0.15) is 35.5 Å². The van der Waals surface area contributed by atoms with Gasteiger partial charge in [-0.1, -0.05) is 12.1 Å². The molecule has 1 saturated heterocycles. The quantitative estimate of drug-likeness (QED) is 0.349. The van der Waals surface area contributed by atoms with Crippen LogP contribution in [0.4, 0.5) is 4.79 Å². The number of rotatable bonds is 6. The third kappa shape index (κ3) is 3.86. The number of likely N-dealkylation sites (N-methyl/N-ethyl adjacent to an activating group) is 1. The van der Waals surface area contributed by atoms with E-state index in [4.69, 9.17) is 0 Å². The van der Waals surface area contributed by atoms with Gasteiger partial charge in [-0.15, -0.1) is 0 Å². The molecule has 1 aromatic heterocycles. The Kier molecular flexibility index (Phi) is 5.79. The number of phenols is 1. The second-order valence-corrected chi connectivity index (χ2v) is 7.63. The number of barbiturate groups is 1. The molecule has 0 unspecified atom stereocenters. The molecule has 0 spiro atoms. The normalized spacial score (nSPS) is 16.0. The number of imide groups is 2. The minimum absolute atomic E-state index is 0.00979. The molecule has 3 N–H and O–H groups in total. The van der Waals surface area contributed by atoms with Crippen LogP contribution in [-0.4, -0.2) is 53.1 Å². The van der Waals surface area contributed by atoms with Crippen molar-refractivity contribution in [1.82, 2.24) is 20.1 Å². The first-order valence-corrected chi connectivity index (χ1v) is 9.50. The van der Waals surface area contributed by atoms with E-state index in [2.05, 4.69) is 10.6 Å². The molecule has 30 heavy (non-hydrogen) atoms. The number of nitrogens with one attached hydrogen (secondary N) is 2. The first-order chi connectivity index (χ1) is 14.1. The molecule has 0 radical (unpaired) electrons. The van der Waals surface area contributed by atoms with E-state index in [0.29, 0.717) is 24.3 Å². The summed E-state index contributed by atoms with van der Waals surface area (Å²) in [7, 11) is 3.81. The fourth-order valence-corrected chi connectivity index (χ4v) is 3.68. The van der Waals surface area contributed by atoms with Gasteiger partial charge >= 0.3 is 6.03 Å². The summed E-state index contributed by atoms with van der Waals surface area (Å²) in [5.74, 6) is -3.63. The summed E-state index contributed by atoms with van der Waals surface area (Å²) in [4.78, 5) is 38.9. The Bertz CT molecular complexity index is 976. The number of carbonyl (C=O) groups is 3. The number of nitrogens with zero attached hydrogens (tertiary/aromatic N) is 3. The van der Waals surface area contributed by atoms with E-state index in [0.717, 1.165) is 10.4 Å². The zero-order valence-electron chi connectivity index (χ0n) is 17.3. The molecule has 0 bridgehead atoms. The van der Waals surface area contributed by atoms with E-state index in [1.54, 1.807) is 30.5 Å². The van der Waals surface area contributed by atoms with Gasteiger partial charge in [-0.2, -0.15) is 0 Å². The van der Waals surface area contributed by atoms with E-state index in [9.17, 15) is 24.7 Å². The highest BCUT2D eigenvalue weighted by atomic mass is 16.5. The molecule has 1 aliphatic rings. The number of aromatic hydroxyl groups is 1. The number of carbonyl (C=O) groups excluding carboxylic acids is 3. The van der Waals surface area contributed by atoms with Crippen LogP contribution in [-0.2, 0) is 16.1 Å². The van der Waals surface area contributed by atoms with Crippen molar-refractivity contribution in [3.63, 3.8) is 0 Å². The molecule has 10 heteroatoms. The minimum Gasteiger partial charge on any atom is -0.711 e. The third-order valence-corrected chi connectivity index (χ3v) is 5.39. The van der Waals surface area contributed by atoms with Gasteiger partial charge in [-0.25, -0.2) is 14.1 Å². The highest BCUT2D eigenvalue weighted by Gasteiger charge is 2.47. The first-order valence-electron chi connectivity index (χ1n) is 9.50. The van der Waals surface area contributed by atoms with E-state index < -0.39 is 29.7 Å². The van der Waals surface area contributed by atoms with Crippen molar-refractivity contribution in [3.05, 3.63) is 52.2 Å². The number of phenolic OH excluding ortho intramolecular Hbond substituents is 1. The fraction of sp³-hybridized carbons (Fsp3) is 0.400. The van der Waals surface area contributed by atoms with Crippen molar-refractivity contribution in [2.24, 2.45) is 5.92 Å². The summed E-state index contributed by atoms with van der Waals surface area (Å²) in [5, 5.41) is 27.1. The van der Waals surface area contributed by atoms with Crippen LogP contribution in [0.1, 0.15) is 28.7 Å². The molecular weight excluding hydrogens is 390 g/mol. The molecule has 1 fully saturated rings. The van der Waals surface area contributed by atoms with Crippen LogP contribution in [0.25, 0.3) is 0 Å². The molecule has 1 aliphatic heterocycles. The standard InChI is InChI=1S/C20H25N5O5/c1-11-12(2)25(30)19(24(11)10-9-23(3)4)15(13-5-7-14(26)8-6-13)16-17(27)21-20(29)22-18(16)28/h5-8,15-16,26H,9-10H2,1-4H3,(H2,21,22,27,28,29)/t15-/m0/s1. The van der Waals surface area contributed by atoms with Crippen LogP contribution in [0.15, 0.2) is 24.3 Å². The monoisotopic (exact) mass is 415 g/mol. The predicted molar refractivity (Wildman–Crippen MR) is 107 cm³/mol. The largest absolute Gasteiger partial charge is 0.711 e. The van der Waals surface area contributed by atoms with Crippen molar-refractivity contribution in [2.75, 3.05) is 20.6 Å². The molecule has 2 heterocycles. The molecule has 4 amide bonds. The number of urea groups is 1. The van der Waals surface area contributed by atoms with Crippen molar-refractivity contribution in [1.29, 1.82) is 0 Å². The van der Waals surface area contributed by atoms with Gasteiger partial charge in [-0.05, 0) is 31.8 Å². The summed E-state index contributed by atoms with van der Waals surface area (Å²) in [6.07, 6.45) is 0. The SMILES string of the molecule is Cc1c(C)[n+]([O-])c([C@@H](c2ccc(O)cc2)C2C(=O)NC(=O)NC2=O)n1CCN(C)C. The Balaban J connectivity index is 2.22. The number of benzene rings is 1. The molecule has 1 aromatic carbocycles. The lowest BCUT2D eigenvalue weighted by Crippen LogP contribution is -2.58. The van der Waals surface area contributed by atoms with Crippen LogP contribution in [0.2, 0.25) is 0 Å². The number of imidazole rings is 1. The summed E-state index contributed by atoms with van der Waals surface area (Å²) in [6, 6.07) is 5.08. The second-order valence-electron chi connectivity index (χ2n) is 7.63. The third-order valence-electron chi connectivity index (χ3n) is 5.39. The fourth-order valence-electron chi connectivity index (χ4n) is 3.68. The van der Waals surface area contributed by atoms with Crippen molar-refractivity contribution in [3.8, 4) is 5.75 Å². The highest BCUT2D eigenvalue weighted by molar-refractivity contribution is 6.16. The maximum atomic E-state index is 13.2. The maximum Gasteiger partial charge on any atom is 0.328 e. The molecular formula is C20H25N5O5. The van der Waals surface area contributed by atoms with Gasteiger partial charge in [0.15, 0.2) is 0 Å². The first kappa shape index (κ1) is 21.3. The number of hydrogen-bond acceptors (Lipinski definition) is 6. The molecule has 0 aliphatic carbocycles. The molecule has 160 valence electrons. The maximum absolute atomic E-state index is 13.2. The smallest absolute Gasteiger partial charge is 0.328 e. The lowest BCUT2D eigenvalue weighted by atomic mass is 9.83. The Morgan fingerprint density at radius 2 is 1.70 bits per heavy atom. The molecule has 10 nitrogen and oxygen atoms in total. The van der Waals surface area contributed by atoms with Crippen molar-refractivity contribution < 1.29 is 24.2 Å². The van der Waals surface area contributed by atoms with Gasteiger partial charge in [-0.3, -0.25) is 20.2 Å². The van der Waals surface area contributed by atoms with Gasteiger partial charge in [0.25, 0.3) is 5.82 Å². The van der Waals surface area contributed by atoms with Crippen molar-refractivity contribution in [2.45, 2.75) is 26.3 Å². The van der Waals surface area contributed by atoms with Gasteiger partial charge in [0.2, 0.25) is 11.8 Å². The predicted octanol–water partition coefficient (Wildman–Crippen LogP) is 0.120. The van der Waals surface area contributed by atoms with Crippen LogP contribution >= 0.6 is 0 Å². The molecule has 3 rings (SSSR count). The van der Waals surface area contributed by atoms with E-state index >= 15 is 0 Å². The minimum atomic E-state index is -1.33.